The van der Waals surface area contributed by atoms with Gasteiger partial charge in [-0.1, -0.05) is 73.3 Å². The van der Waals surface area contributed by atoms with Gasteiger partial charge in [0.1, 0.15) is 6.04 Å². The lowest BCUT2D eigenvalue weighted by molar-refractivity contribution is -0.139. The Balaban J connectivity index is 0.0000102. The summed E-state index contributed by atoms with van der Waals surface area (Å²) in [6, 6.07) is 3.59. The van der Waals surface area contributed by atoms with Crippen LogP contribution in [0.4, 0.5) is 0 Å². The topological polar surface area (TPSA) is 116 Å². The molecule has 8 heteroatoms. The van der Waals surface area contributed by atoms with Crippen LogP contribution in [-0.4, -0.2) is 29.1 Å². The first kappa shape index (κ1) is 30.9. The lowest BCUT2D eigenvalue weighted by atomic mass is 9.81. The highest BCUT2D eigenvalue weighted by Gasteiger charge is 2.28. The van der Waals surface area contributed by atoms with Crippen molar-refractivity contribution in [3.63, 3.8) is 0 Å². The monoisotopic (exact) mass is 485 g/mol. The van der Waals surface area contributed by atoms with Crippen molar-refractivity contribution >= 4 is 30.3 Å². The molecule has 0 saturated carbocycles. The second-order valence-electron chi connectivity index (χ2n) is 9.27. The molecule has 3 N–H and O–H groups in total. The van der Waals surface area contributed by atoms with E-state index in [0.717, 1.165) is 25.7 Å². The first-order valence-corrected chi connectivity index (χ1v) is 11.4. The third-order valence-corrected chi connectivity index (χ3v) is 6.78. The van der Waals surface area contributed by atoms with Crippen LogP contribution in [0.2, 0.25) is 0 Å². The Kier molecular flexibility index (Phi) is 12.7. The molecule has 1 atom stereocenters. The molecule has 0 spiro atoms. The van der Waals surface area contributed by atoms with Gasteiger partial charge in [0, 0.05) is 0 Å². The summed E-state index contributed by atoms with van der Waals surface area (Å²) in [5.41, 5.74) is 5.85. The van der Waals surface area contributed by atoms with Crippen LogP contribution in [0.3, 0.4) is 0 Å². The van der Waals surface area contributed by atoms with Crippen LogP contribution in [0.25, 0.3) is 0 Å². The fourth-order valence-corrected chi connectivity index (χ4v) is 3.20. The molecule has 0 heterocycles. The number of ether oxygens (including phenoxy) is 2. The first-order valence-electron chi connectivity index (χ1n) is 11.4. The number of halogens is 1. The van der Waals surface area contributed by atoms with Crippen molar-refractivity contribution in [2.45, 2.75) is 92.5 Å². The van der Waals surface area contributed by atoms with Crippen molar-refractivity contribution in [2.24, 2.45) is 16.6 Å². The molecule has 0 bridgehead atoms. The number of nitrogens with two attached hydrogens (primary N) is 1. The SMILES string of the molecule is CCC(C)(CC)CC(=O)Oc1ccc(C[C@H](N)C(=O)O)cc1OC(=O)CC(C)(CC)CC.Cl. The number of aliphatic carboxylic acids is 1. The van der Waals surface area contributed by atoms with Gasteiger partial charge >= 0.3 is 17.9 Å². The zero-order valence-corrected chi connectivity index (χ0v) is 21.5. The number of carboxylic acid groups (broad SMARTS) is 1. The number of rotatable bonds is 13. The van der Waals surface area contributed by atoms with Gasteiger partial charge in [-0.15, -0.1) is 12.4 Å². The largest absolute Gasteiger partial charge is 0.480 e. The predicted molar refractivity (Wildman–Crippen MR) is 131 cm³/mol. The van der Waals surface area contributed by atoms with E-state index in [1.807, 2.05) is 41.5 Å². The van der Waals surface area contributed by atoms with Crippen molar-refractivity contribution in [1.82, 2.24) is 0 Å². The Labute approximate surface area is 203 Å². The lowest BCUT2D eigenvalue weighted by Gasteiger charge is -2.26. The van der Waals surface area contributed by atoms with Crippen molar-refractivity contribution in [1.29, 1.82) is 0 Å². The number of carboxylic acids is 1. The summed E-state index contributed by atoms with van der Waals surface area (Å²) >= 11 is 0. The van der Waals surface area contributed by atoms with Gasteiger partial charge in [0.25, 0.3) is 0 Å². The molecular formula is C25H40ClNO6. The van der Waals surface area contributed by atoms with E-state index < -0.39 is 23.9 Å². The van der Waals surface area contributed by atoms with E-state index in [4.69, 9.17) is 20.3 Å². The molecule has 0 amide bonds. The molecule has 1 rings (SSSR count). The zero-order chi connectivity index (χ0) is 24.5. The van der Waals surface area contributed by atoms with Crippen LogP contribution in [-0.2, 0) is 20.8 Å². The normalized spacial score (nSPS) is 12.5. The van der Waals surface area contributed by atoms with Gasteiger partial charge in [-0.2, -0.15) is 0 Å². The van der Waals surface area contributed by atoms with Crippen LogP contribution in [0.15, 0.2) is 18.2 Å². The molecule has 1 aromatic rings. The minimum absolute atomic E-state index is 0. The Hall–Kier alpha value is -2.12. The van der Waals surface area contributed by atoms with E-state index in [2.05, 4.69) is 0 Å². The number of esters is 2. The van der Waals surface area contributed by atoms with Gasteiger partial charge in [-0.25, -0.2) is 0 Å². The molecule has 188 valence electrons. The highest BCUT2D eigenvalue weighted by molar-refractivity contribution is 5.85. The van der Waals surface area contributed by atoms with Crippen LogP contribution >= 0.6 is 12.4 Å². The molecular weight excluding hydrogens is 446 g/mol. The van der Waals surface area contributed by atoms with E-state index >= 15 is 0 Å². The van der Waals surface area contributed by atoms with E-state index in [1.54, 1.807) is 6.07 Å². The van der Waals surface area contributed by atoms with Crippen molar-refractivity contribution in [3.8, 4) is 11.5 Å². The standard InChI is InChI=1S/C25H39NO6.ClH/c1-7-24(5,8-2)15-21(27)31-19-12-11-17(13-18(26)23(29)30)14-20(19)32-22(28)16-25(6,9-3)10-4;/h11-12,14,18H,7-10,13,15-16,26H2,1-6H3,(H,29,30);1H/t18-;/m0./s1. The van der Waals surface area contributed by atoms with E-state index in [1.165, 1.54) is 12.1 Å². The lowest BCUT2D eigenvalue weighted by Crippen LogP contribution is -2.32. The highest BCUT2D eigenvalue weighted by atomic mass is 35.5. The summed E-state index contributed by atoms with van der Waals surface area (Å²) in [5, 5.41) is 9.09. The number of hydrogen-bond donors (Lipinski definition) is 2. The minimum Gasteiger partial charge on any atom is -0.480 e. The summed E-state index contributed by atoms with van der Waals surface area (Å²) in [5.74, 6) is -1.72. The summed E-state index contributed by atoms with van der Waals surface area (Å²) in [6.07, 6.45) is 3.82. The fourth-order valence-electron chi connectivity index (χ4n) is 3.20. The van der Waals surface area contributed by atoms with Gasteiger partial charge in [0.05, 0.1) is 12.8 Å². The highest BCUT2D eigenvalue weighted by Crippen LogP contribution is 2.35. The molecule has 0 fully saturated rings. The Morgan fingerprint density at radius 1 is 0.879 bits per heavy atom. The number of carbonyl (C=O) groups is 3. The molecule has 0 saturated heterocycles. The third kappa shape index (κ3) is 9.72. The number of benzene rings is 1. The second kappa shape index (κ2) is 13.6. The van der Waals surface area contributed by atoms with Crippen molar-refractivity contribution < 1.29 is 29.0 Å². The quantitative estimate of drug-likeness (QED) is 0.287. The average molecular weight is 486 g/mol. The maximum atomic E-state index is 12.7. The van der Waals surface area contributed by atoms with Crippen LogP contribution < -0.4 is 15.2 Å². The predicted octanol–water partition coefficient (Wildman–Crippen LogP) is 5.31. The molecule has 0 aliphatic carbocycles. The smallest absolute Gasteiger partial charge is 0.320 e. The van der Waals surface area contributed by atoms with Gasteiger partial charge < -0.3 is 20.3 Å². The van der Waals surface area contributed by atoms with Crippen molar-refractivity contribution in [2.75, 3.05) is 0 Å². The van der Waals surface area contributed by atoms with E-state index in [-0.39, 0.29) is 54.0 Å². The molecule has 0 aliphatic rings. The maximum absolute atomic E-state index is 12.7. The summed E-state index contributed by atoms with van der Waals surface area (Å²) in [6.45, 7) is 12.2. The van der Waals surface area contributed by atoms with Crippen molar-refractivity contribution in [3.05, 3.63) is 23.8 Å². The molecule has 33 heavy (non-hydrogen) atoms. The molecule has 7 nitrogen and oxygen atoms in total. The van der Waals surface area contributed by atoms with E-state index in [0.29, 0.717) is 5.56 Å². The first-order chi connectivity index (χ1) is 14.9. The molecule has 1 aromatic carbocycles. The van der Waals surface area contributed by atoms with Crippen LogP contribution in [0.5, 0.6) is 11.5 Å². The van der Waals surface area contributed by atoms with Crippen LogP contribution in [0, 0.1) is 10.8 Å². The third-order valence-electron chi connectivity index (χ3n) is 6.78. The fraction of sp³-hybridized carbons (Fsp3) is 0.640. The molecule has 0 aromatic heterocycles. The summed E-state index contributed by atoms with van der Waals surface area (Å²) < 4.78 is 11.2. The van der Waals surface area contributed by atoms with E-state index in [9.17, 15) is 14.4 Å². The number of hydrogen-bond acceptors (Lipinski definition) is 6. The number of carbonyl (C=O) groups excluding carboxylic acids is 2. The van der Waals surface area contributed by atoms with Gasteiger partial charge in [-0.05, 0) is 34.9 Å². The van der Waals surface area contributed by atoms with Crippen LogP contribution in [0.1, 0.15) is 85.6 Å². The van der Waals surface area contributed by atoms with Gasteiger partial charge in [0.2, 0.25) is 0 Å². The maximum Gasteiger partial charge on any atom is 0.320 e. The van der Waals surface area contributed by atoms with Gasteiger partial charge in [-0.3, -0.25) is 14.4 Å². The summed E-state index contributed by atoms with van der Waals surface area (Å²) in [7, 11) is 0. The Morgan fingerprint density at radius 2 is 1.30 bits per heavy atom. The second-order valence-corrected chi connectivity index (χ2v) is 9.27. The Bertz CT molecular complexity index is 802. The molecule has 0 aliphatic heterocycles. The molecule has 0 radical (unpaired) electrons. The average Bonchev–Trinajstić information content (AvgIpc) is 2.74. The summed E-state index contributed by atoms with van der Waals surface area (Å²) in [4.78, 5) is 36.4. The molecule has 0 unspecified atom stereocenters. The zero-order valence-electron chi connectivity index (χ0n) is 20.7. The minimum atomic E-state index is -1.13. The van der Waals surface area contributed by atoms with Gasteiger partial charge in [0.15, 0.2) is 11.5 Å². The Morgan fingerprint density at radius 3 is 1.70 bits per heavy atom.